The van der Waals surface area contributed by atoms with E-state index in [0.29, 0.717) is 56.1 Å². The van der Waals surface area contributed by atoms with Crippen LogP contribution in [-0.2, 0) is 21.2 Å². The number of fused-ring (bicyclic) bond motifs is 1. The third kappa shape index (κ3) is 4.52. The summed E-state index contributed by atoms with van der Waals surface area (Å²) in [6.07, 6.45) is 4.57. The molecular weight excluding hydrogens is 468 g/mol. The van der Waals surface area contributed by atoms with E-state index in [1.807, 2.05) is 9.80 Å². The minimum atomic E-state index is -3.50. The van der Waals surface area contributed by atoms with E-state index in [0.717, 1.165) is 36.9 Å². The molecule has 0 aromatic heterocycles. The fraction of sp³-hybridized carbons (Fsp3) is 0.480. The van der Waals surface area contributed by atoms with Gasteiger partial charge in [-0.25, -0.2) is 8.42 Å². The van der Waals surface area contributed by atoms with Crippen molar-refractivity contribution in [2.45, 2.75) is 43.4 Å². The Kier molecular flexibility index (Phi) is 6.50. The SMILES string of the molecule is O=C(C1CCN(c2ccccc2[N+](=O)[O-])CC1)N1CCCc2cc(S(=O)(=O)N3CCCC3)ccc21. The quantitative estimate of drug-likeness (QED) is 0.461. The monoisotopic (exact) mass is 498 g/mol. The van der Waals surface area contributed by atoms with E-state index in [2.05, 4.69) is 0 Å². The van der Waals surface area contributed by atoms with E-state index in [9.17, 15) is 23.3 Å². The summed E-state index contributed by atoms with van der Waals surface area (Å²) in [4.78, 5) is 28.6. The minimum Gasteiger partial charge on any atom is -0.366 e. The van der Waals surface area contributed by atoms with Gasteiger partial charge in [0.15, 0.2) is 0 Å². The first-order valence-electron chi connectivity index (χ1n) is 12.3. The minimum absolute atomic E-state index is 0.0586. The predicted octanol–water partition coefficient (Wildman–Crippen LogP) is 3.58. The number of para-hydroxylation sites is 2. The molecular formula is C25H30N4O5S. The van der Waals surface area contributed by atoms with Crippen LogP contribution in [0.4, 0.5) is 17.1 Å². The maximum atomic E-state index is 13.5. The van der Waals surface area contributed by atoms with Crippen LogP contribution in [0.1, 0.15) is 37.7 Å². The molecule has 10 heteroatoms. The van der Waals surface area contributed by atoms with Crippen LogP contribution >= 0.6 is 0 Å². The van der Waals surface area contributed by atoms with Gasteiger partial charge < -0.3 is 9.80 Å². The van der Waals surface area contributed by atoms with Gasteiger partial charge in [-0.1, -0.05) is 12.1 Å². The molecule has 2 aromatic rings. The van der Waals surface area contributed by atoms with Crippen LogP contribution < -0.4 is 9.80 Å². The highest BCUT2D eigenvalue weighted by Gasteiger charge is 2.34. The van der Waals surface area contributed by atoms with Crippen molar-refractivity contribution in [2.24, 2.45) is 5.92 Å². The van der Waals surface area contributed by atoms with Crippen molar-refractivity contribution in [1.82, 2.24) is 4.31 Å². The van der Waals surface area contributed by atoms with Gasteiger partial charge in [-0.05, 0) is 68.4 Å². The number of piperidine rings is 1. The van der Waals surface area contributed by atoms with E-state index < -0.39 is 10.0 Å². The van der Waals surface area contributed by atoms with Gasteiger partial charge in [0.1, 0.15) is 5.69 Å². The zero-order valence-electron chi connectivity index (χ0n) is 19.6. The first kappa shape index (κ1) is 23.7. The molecule has 3 aliphatic heterocycles. The average Bonchev–Trinajstić information content (AvgIpc) is 3.44. The van der Waals surface area contributed by atoms with Crippen molar-refractivity contribution in [3.8, 4) is 0 Å². The lowest BCUT2D eigenvalue weighted by Gasteiger charge is -2.37. The van der Waals surface area contributed by atoms with E-state index >= 15 is 0 Å². The topological polar surface area (TPSA) is 104 Å². The standard InChI is InChI=1S/C25H30N4O5S/c30-25(19-11-16-26(17-12-19)23-7-1-2-8-24(23)29(31)32)28-15-5-6-20-18-21(9-10-22(20)28)35(33,34)27-13-3-4-14-27/h1-2,7-10,18-19H,3-6,11-17H2. The number of carbonyl (C=O) groups is 1. The summed E-state index contributed by atoms with van der Waals surface area (Å²) >= 11 is 0. The second kappa shape index (κ2) is 9.58. The van der Waals surface area contributed by atoms with E-state index in [1.165, 1.54) is 6.07 Å². The number of anilines is 2. The maximum Gasteiger partial charge on any atom is 0.292 e. The Morgan fingerprint density at radius 1 is 0.914 bits per heavy atom. The number of carbonyl (C=O) groups excluding carboxylic acids is 1. The van der Waals surface area contributed by atoms with E-state index in [1.54, 1.807) is 40.7 Å². The Morgan fingerprint density at radius 2 is 1.63 bits per heavy atom. The maximum absolute atomic E-state index is 13.5. The normalized spacial score (nSPS) is 19.5. The molecule has 5 rings (SSSR count). The molecule has 0 atom stereocenters. The number of aryl methyl sites for hydroxylation is 1. The van der Waals surface area contributed by atoms with E-state index in [4.69, 9.17) is 0 Å². The number of hydrogen-bond donors (Lipinski definition) is 0. The lowest BCUT2D eigenvalue weighted by molar-refractivity contribution is -0.384. The van der Waals surface area contributed by atoms with Crippen molar-refractivity contribution >= 4 is 33.0 Å². The Balaban J connectivity index is 1.30. The molecule has 0 spiro atoms. The van der Waals surface area contributed by atoms with Crippen molar-refractivity contribution in [3.63, 3.8) is 0 Å². The molecule has 0 saturated carbocycles. The van der Waals surface area contributed by atoms with Crippen molar-refractivity contribution < 1.29 is 18.1 Å². The molecule has 0 bridgehead atoms. The molecule has 1 amide bonds. The number of sulfonamides is 1. The summed E-state index contributed by atoms with van der Waals surface area (Å²) in [7, 11) is -3.50. The summed E-state index contributed by atoms with van der Waals surface area (Å²) in [6.45, 7) is 2.90. The molecule has 9 nitrogen and oxygen atoms in total. The summed E-state index contributed by atoms with van der Waals surface area (Å²) in [5.41, 5.74) is 2.39. The lowest BCUT2D eigenvalue weighted by Crippen LogP contribution is -2.44. The third-order valence-electron chi connectivity index (χ3n) is 7.40. The number of rotatable bonds is 5. The molecule has 0 unspecified atom stereocenters. The largest absolute Gasteiger partial charge is 0.366 e. The number of benzene rings is 2. The molecule has 3 heterocycles. The highest BCUT2D eigenvalue weighted by molar-refractivity contribution is 7.89. The van der Waals surface area contributed by atoms with Crippen LogP contribution in [0.3, 0.4) is 0 Å². The van der Waals surface area contributed by atoms with Crippen LogP contribution in [0, 0.1) is 16.0 Å². The van der Waals surface area contributed by atoms with Crippen LogP contribution in [-0.4, -0.2) is 56.3 Å². The Hall–Kier alpha value is -2.98. The van der Waals surface area contributed by atoms with Gasteiger partial charge in [0.05, 0.1) is 9.82 Å². The summed E-state index contributed by atoms with van der Waals surface area (Å²) in [5.74, 6) is -0.101. The molecule has 2 aromatic carbocycles. The van der Waals surface area contributed by atoms with Gasteiger partial charge >= 0.3 is 0 Å². The molecule has 0 aliphatic carbocycles. The van der Waals surface area contributed by atoms with Gasteiger partial charge in [0.25, 0.3) is 5.69 Å². The molecule has 2 saturated heterocycles. The molecule has 2 fully saturated rings. The van der Waals surface area contributed by atoms with Crippen LogP contribution in [0.15, 0.2) is 47.4 Å². The smallest absolute Gasteiger partial charge is 0.292 e. The first-order chi connectivity index (χ1) is 16.9. The fourth-order valence-corrected chi connectivity index (χ4v) is 7.08. The average molecular weight is 499 g/mol. The number of nitro benzene ring substituents is 1. The second-order valence-electron chi connectivity index (χ2n) is 9.50. The van der Waals surface area contributed by atoms with Crippen molar-refractivity contribution in [2.75, 3.05) is 42.5 Å². The zero-order valence-corrected chi connectivity index (χ0v) is 20.5. The van der Waals surface area contributed by atoms with Crippen molar-refractivity contribution in [1.29, 1.82) is 0 Å². The van der Waals surface area contributed by atoms with Crippen molar-refractivity contribution in [3.05, 3.63) is 58.1 Å². The number of hydrogen-bond acceptors (Lipinski definition) is 6. The van der Waals surface area contributed by atoms with Gasteiger partial charge in [0.2, 0.25) is 15.9 Å². The summed E-state index contributed by atoms with van der Waals surface area (Å²) < 4.78 is 27.5. The van der Waals surface area contributed by atoms with E-state index in [-0.39, 0.29) is 22.4 Å². The van der Waals surface area contributed by atoms with Crippen LogP contribution in [0.2, 0.25) is 0 Å². The Labute approximate surface area is 205 Å². The number of nitro groups is 1. The fourth-order valence-electron chi connectivity index (χ4n) is 5.51. The van der Waals surface area contributed by atoms with Gasteiger partial charge in [-0.15, -0.1) is 0 Å². The van der Waals surface area contributed by atoms with Gasteiger partial charge in [-0.2, -0.15) is 4.31 Å². The second-order valence-corrected chi connectivity index (χ2v) is 11.4. The lowest BCUT2D eigenvalue weighted by atomic mass is 9.92. The van der Waals surface area contributed by atoms with Crippen LogP contribution in [0.5, 0.6) is 0 Å². The zero-order chi connectivity index (χ0) is 24.6. The Morgan fingerprint density at radius 3 is 2.34 bits per heavy atom. The molecule has 35 heavy (non-hydrogen) atoms. The molecule has 3 aliphatic rings. The Bertz CT molecular complexity index is 1230. The summed E-state index contributed by atoms with van der Waals surface area (Å²) in [5, 5.41) is 11.4. The molecule has 0 N–H and O–H groups in total. The molecule has 186 valence electrons. The van der Waals surface area contributed by atoms with Crippen LogP contribution in [0.25, 0.3) is 0 Å². The third-order valence-corrected chi connectivity index (χ3v) is 9.30. The first-order valence-corrected chi connectivity index (χ1v) is 13.7. The number of amides is 1. The number of nitrogens with zero attached hydrogens (tertiary/aromatic N) is 4. The van der Waals surface area contributed by atoms with Gasteiger partial charge in [-0.3, -0.25) is 14.9 Å². The molecule has 0 radical (unpaired) electrons. The van der Waals surface area contributed by atoms with Gasteiger partial charge in [0, 0.05) is 50.4 Å². The predicted molar refractivity (Wildman–Crippen MR) is 133 cm³/mol. The highest BCUT2D eigenvalue weighted by Crippen LogP contribution is 2.35. The summed E-state index contributed by atoms with van der Waals surface area (Å²) in [6, 6.07) is 11.9. The highest BCUT2D eigenvalue weighted by atomic mass is 32.2.